The van der Waals surface area contributed by atoms with Gasteiger partial charge in [-0.15, -0.1) is 0 Å². The Hall–Kier alpha value is -3.27. The van der Waals surface area contributed by atoms with E-state index >= 15 is 0 Å². The lowest BCUT2D eigenvalue weighted by Gasteiger charge is -2.10. The SMILES string of the molecule is c1ccc(-c2nc3ccccc3n2-c2ccc3c(c2)OCO3)cc1. The summed E-state index contributed by atoms with van der Waals surface area (Å²) in [5, 5.41) is 0. The number of hydrogen-bond acceptors (Lipinski definition) is 3. The summed E-state index contributed by atoms with van der Waals surface area (Å²) in [7, 11) is 0. The van der Waals surface area contributed by atoms with E-state index in [1.165, 1.54) is 0 Å². The van der Waals surface area contributed by atoms with E-state index in [2.05, 4.69) is 22.8 Å². The van der Waals surface area contributed by atoms with Crippen LogP contribution in [0, 0.1) is 0 Å². The monoisotopic (exact) mass is 314 g/mol. The lowest BCUT2D eigenvalue weighted by Crippen LogP contribution is -1.97. The Morgan fingerprint density at radius 2 is 1.58 bits per heavy atom. The summed E-state index contributed by atoms with van der Waals surface area (Å²) in [6.07, 6.45) is 0. The summed E-state index contributed by atoms with van der Waals surface area (Å²) in [5.74, 6) is 2.46. The maximum absolute atomic E-state index is 5.54. The predicted octanol–water partition coefficient (Wildman–Crippen LogP) is 4.42. The maximum atomic E-state index is 5.54. The molecule has 0 amide bonds. The van der Waals surface area contributed by atoms with Crippen LogP contribution < -0.4 is 9.47 Å². The van der Waals surface area contributed by atoms with Crippen LogP contribution in [0.25, 0.3) is 28.1 Å². The van der Waals surface area contributed by atoms with Crippen LogP contribution in [-0.4, -0.2) is 16.3 Å². The van der Waals surface area contributed by atoms with Crippen molar-refractivity contribution in [1.82, 2.24) is 9.55 Å². The topological polar surface area (TPSA) is 36.3 Å². The van der Waals surface area contributed by atoms with E-state index in [0.717, 1.165) is 39.6 Å². The van der Waals surface area contributed by atoms with E-state index in [9.17, 15) is 0 Å². The third-order valence-corrected chi connectivity index (χ3v) is 4.21. The minimum atomic E-state index is 0.273. The van der Waals surface area contributed by atoms with E-state index in [4.69, 9.17) is 14.5 Å². The molecule has 0 saturated carbocycles. The quantitative estimate of drug-likeness (QED) is 0.549. The van der Waals surface area contributed by atoms with Gasteiger partial charge in [-0.25, -0.2) is 4.98 Å². The first-order chi connectivity index (χ1) is 11.9. The number of hydrogen-bond donors (Lipinski definition) is 0. The molecule has 1 aliphatic rings. The molecular weight excluding hydrogens is 300 g/mol. The van der Waals surface area contributed by atoms with Gasteiger partial charge >= 0.3 is 0 Å². The highest BCUT2D eigenvalue weighted by atomic mass is 16.7. The highest BCUT2D eigenvalue weighted by Crippen LogP contribution is 2.36. The summed E-state index contributed by atoms with van der Waals surface area (Å²) >= 11 is 0. The van der Waals surface area contributed by atoms with Gasteiger partial charge in [-0.05, 0) is 24.3 Å². The number of ether oxygens (including phenoxy) is 2. The molecule has 1 aliphatic heterocycles. The smallest absolute Gasteiger partial charge is 0.231 e. The van der Waals surface area contributed by atoms with E-state index in [0.29, 0.717) is 0 Å². The normalized spacial score (nSPS) is 12.7. The van der Waals surface area contributed by atoms with E-state index in [1.54, 1.807) is 0 Å². The van der Waals surface area contributed by atoms with Gasteiger partial charge in [-0.3, -0.25) is 4.57 Å². The number of para-hydroxylation sites is 2. The van der Waals surface area contributed by atoms with Crippen molar-refractivity contribution in [3.63, 3.8) is 0 Å². The Kier molecular flexibility index (Phi) is 2.82. The van der Waals surface area contributed by atoms with Crippen molar-refractivity contribution in [3.8, 4) is 28.6 Å². The number of fused-ring (bicyclic) bond motifs is 2. The molecule has 24 heavy (non-hydrogen) atoms. The van der Waals surface area contributed by atoms with Crippen LogP contribution in [0.2, 0.25) is 0 Å². The predicted molar refractivity (Wildman–Crippen MR) is 92.6 cm³/mol. The molecule has 1 aromatic heterocycles. The van der Waals surface area contributed by atoms with Crippen LogP contribution in [-0.2, 0) is 0 Å². The van der Waals surface area contributed by atoms with Gasteiger partial charge in [0.2, 0.25) is 6.79 Å². The van der Waals surface area contributed by atoms with Gasteiger partial charge in [-0.2, -0.15) is 0 Å². The Labute approximate surface area is 138 Å². The van der Waals surface area contributed by atoms with Crippen molar-refractivity contribution in [3.05, 3.63) is 72.8 Å². The largest absolute Gasteiger partial charge is 0.454 e. The molecular formula is C20H14N2O2. The van der Waals surface area contributed by atoms with Crippen LogP contribution in [0.1, 0.15) is 0 Å². The molecule has 4 nitrogen and oxygen atoms in total. The number of nitrogens with zero attached hydrogens (tertiary/aromatic N) is 2. The molecule has 0 bridgehead atoms. The molecule has 0 N–H and O–H groups in total. The van der Waals surface area contributed by atoms with E-state index in [-0.39, 0.29) is 6.79 Å². The summed E-state index contributed by atoms with van der Waals surface area (Å²) < 4.78 is 13.1. The van der Waals surface area contributed by atoms with Crippen molar-refractivity contribution in [2.75, 3.05) is 6.79 Å². The van der Waals surface area contributed by atoms with Crippen LogP contribution in [0.3, 0.4) is 0 Å². The minimum Gasteiger partial charge on any atom is -0.454 e. The van der Waals surface area contributed by atoms with E-state index in [1.807, 2.05) is 54.6 Å². The van der Waals surface area contributed by atoms with Crippen LogP contribution >= 0.6 is 0 Å². The second kappa shape index (κ2) is 5.13. The summed E-state index contributed by atoms with van der Waals surface area (Å²) in [5.41, 5.74) is 4.11. The molecule has 3 aromatic carbocycles. The molecule has 116 valence electrons. The third-order valence-electron chi connectivity index (χ3n) is 4.21. The van der Waals surface area contributed by atoms with Gasteiger partial charge < -0.3 is 9.47 Å². The first kappa shape index (κ1) is 13.2. The number of aromatic nitrogens is 2. The first-order valence-electron chi connectivity index (χ1n) is 7.83. The fraction of sp³-hybridized carbons (Fsp3) is 0.0500. The highest BCUT2D eigenvalue weighted by molar-refractivity contribution is 5.83. The van der Waals surface area contributed by atoms with Crippen molar-refractivity contribution in [1.29, 1.82) is 0 Å². The van der Waals surface area contributed by atoms with Crippen molar-refractivity contribution < 1.29 is 9.47 Å². The highest BCUT2D eigenvalue weighted by Gasteiger charge is 2.18. The fourth-order valence-electron chi connectivity index (χ4n) is 3.09. The van der Waals surface area contributed by atoms with Gasteiger partial charge in [0.15, 0.2) is 11.5 Å². The third kappa shape index (κ3) is 1.97. The van der Waals surface area contributed by atoms with Gasteiger partial charge in [-0.1, -0.05) is 42.5 Å². The van der Waals surface area contributed by atoms with Crippen LogP contribution in [0.4, 0.5) is 0 Å². The Bertz CT molecular complexity index is 1040. The molecule has 4 heteroatoms. The fourth-order valence-corrected chi connectivity index (χ4v) is 3.09. The zero-order chi connectivity index (χ0) is 15.9. The molecule has 2 heterocycles. The van der Waals surface area contributed by atoms with Crippen molar-refractivity contribution in [2.45, 2.75) is 0 Å². The number of imidazole rings is 1. The molecule has 4 aromatic rings. The number of benzene rings is 3. The molecule has 0 atom stereocenters. The molecule has 0 spiro atoms. The second-order valence-electron chi connectivity index (χ2n) is 5.66. The summed E-state index contributed by atoms with van der Waals surface area (Å²) in [6.45, 7) is 0.273. The second-order valence-corrected chi connectivity index (χ2v) is 5.66. The van der Waals surface area contributed by atoms with E-state index < -0.39 is 0 Å². The maximum Gasteiger partial charge on any atom is 0.231 e. The molecule has 0 radical (unpaired) electrons. The lowest BCUT2D eigenvalue weighted by molar-refractivity contribution is 0.174. The minimum absolute atomic E-state index is 0.273. The van der Waals surface area contributed by atoms with Crippen LogP contribution in [0.5, 0.6) is 11.5 Å². The first-order valence-corrected chi connectivity index (χ1v) is 7.83. The van der Waals surface area contributed by atoms with Gasteiger partial charge in [0.1, 0.15) is 5.82 Å². The zero-order valence-electron chi connectivity index (χ0n) is 12.8. The number of rotatable bonds is 2. The van der Waals surface area contributed by atoms with Crippen molar-refractivity contribution >= 4 is 11.0 Å². The Balaban J connectivity index is 1.80. The lowest BCUT2D eigenvalue weighted by atomic mass is 10.2. The molecule has 5 rings (SSSR count). The molecule has 0 saturated heterocycles. The average Bonchev–Trinajstić information content (AvgIpc) is 3.26. The Morgan fingerprint density at radius 1 is 0.792 bits per heavy atom. The standard InChI is InChI=1S/C20H14N2O2/c1-2-6-14(7-3-1)20-21-16-8-4-5-9-17(16)22(20)15-10-11-18-19(12-15)24-13-23-18/h1-12H,13H2. The molecule has 0 aliphatic carbocycles. The van der Waals surface area contributed by atoms with Crippen molar-refractivity contribution in [2.24, 2.45) is 0 Å². The van der Waals surface area contributed by atoms with Crippen LogP contribution in [0.15, 0.2) is 72.8 Å². The zero-order valence-corrected chi connectivity index (χ0v) is 12.8. The van der Waals surface area contributed by atoms with Gasteiger partial charge in [0, 0.05) is 11.6 Å². The summed E-state index contributed by atoms with van der Waals surface area (Å²) in [6, 6.07) is 24.4. The summed E-state index contributed by atoms with van der Waals surface area (Å²) in [4.78, 5) is 4.84. The molecule has 0 unspecified atom stereocenters. The molecule has 0 fully saturated rings. The Morgan fingerprint density at radius 3 is 2.50 bits per heavy atom. The van der Waals surface area contributed by atoms with Gasteiger partial charge in [0.25, 0.3) is 0 Å². The van der Waals surface area contributed by atoms with Gasteiger partial charge in [0.05, 0.1) is 16.7 Å². The average molecular weight is 314 g/mol.